The first-order chi connectivity index (χ1) is 12.2. The molecule has 0 atom stereocenters. The van der Waals surface area contributed by atoms with Gasteiger partial charge in [-0.3, -0.25) is 4.79 Å². The number of carbonyl (C=O) groups excluding carboxylic acids is 1. The van der Waals surface area contributed by atoms with Crippen molar-refractivity contribution >= 4 is 17.4 Å². The summed E-state index contributed by atoms with van der Waals surface area (Å²) in [7, 11) is 1.62. The monoisotopic (exact) mass is 340 g/mol. The summed E-state index contributed by atoms with van der Waals surface area (Å²) in [6, 6.07) is 7.71. The van der Waals surface area contributed by atoms with Crippen molar-refractivity contribution in [3.8, 4) is 5.75 Å². The molecular weight excluding hydrogens is 316 g/mol. The van der Waals surface area contributed by atoms with E-state index in [9.17, 15) is 4.79 Å². The van der Waals surface area contributed by atoms with Gasteiger partial charge in [-0.2, -0.15) is 0 Å². The number of anilines is 2. The summed E-state index contributed by atoms with van der Waals surface area (Å²) in [4.78, 5) is 20.4. The lowest BCUT2D eigenvalue weighted by Crippen LogP contribution is -2.20. The standard InChI is InChI=1S/C19H24N4O2/c1-13-21-17-6-4-3-5-16(17)19(22-13)23-14-7-9-15(10-8-14)25-12-11-18(24)20-2/h7-10H,3-6,11-12H2,1-2H3,(H,20,24)(H,21,22,23). The Balaban J connectivity index is 1.66. The van der Waals surface area contributed by atoms with Gasteiger partial charge in [-0.1, -0.05) is 0 Å². The number of aromatic nitrogens is 2. The summed E-state index contributed by atoms with van der Waals surface area (Å²) in [5.41, 5.74) is 3.38. The topological polar surface area (TPSA) is 76.1 Å². The van der Waals surface area contributed by atoms with Crippen molar-refractivity contribution in [2.45, 2.75) is 39.0 Å². The molecule has 0 aliphatic heterocycles. The third kappa shape index (κ3) is 4.47. The van der Waals surface area contributed by atoms with Crippen LogP contribution in [-0.2, 0) is 17.6 Å². The van der Waals surface area contributed by atoms with E-state index in [1.807, 2.05) is 31.2 Å². The molecule has 0 saturated heterocycles. The minimum Gasteiger partial charge on any atom is -0.493 e. The maximum absolute atomic E-state index is 11.2. The molecule has 1 aromatic carbocycles. The van der Waals surface area contributed by atoms with Gasteiger partial charge in [0.25, 0.3) is 0 Å². The van der Waals surface area contributed by atoms with Crippen LogP contribution in [0.3, 0.4) is 0 Å². The summed E-state index contributed by atoms with van der Waals surface area (Å²) >= 11 is 0. The summed E-state index contributed by atoms with van der Waals surface area (Å²) in [6.07, 6.45) is 4.80. The fraction of sp³-hybridized carbons (Fsp3) is 0.421. The van der Waals surface area contributed by atoms with E-state index in [-0.39, 0.29) is 5.91 Å². The Kier molecular flexibility index (Phi) is 5.48. The van der Waals surface area contributed by atoms with Gasteiger partial charge in [0.05, 0.1) is 13.0 Å². The number of benzene rings is 1. The minimum atomic E-state index is -0.0257. The molecule has 1 heterocycles. The normalized spacial score (nSPS) is 13.0. The highest BCUT2D eigenvalue weighted by atomic mass is 16.5. The molecule has 25 heavy (non-hydrogen) atoms. The fourth-order valence-corrected chi connectivity index (χ4v) is 2.98. The summed E-state index contributed by atoms with van der Waals surface area (Å²) in [5, 5.41) is 5.99. The second-order valence-corrected chi connectivity index (χ2v) is 6.17. The van der Waals surface area contributed by atoms with Crippen LogP contribution >= 0.6 is 0 Å². The molecule has 0 saturated carbocycles. The van der Waals surface area contributed by atoms with Gasteiger partial charge in [0, 0.05) is 24.0 Å². The van der Waals surface area contributed by atoms with Gasteiger partial charge in [-0.15, -0.1) is 0 Å². The van der Waals surface area contributed by atoms with Gasteiger partial charge in [0.2, 0.25) is 5.91 Å². The smallest absolute Gasteiger partial charge is 0.223 e. The van der Waals surface area contributed by atoms with Crippen molar-refractivity contribution in [1.82, 2.24) is 15.3 Å². The number of hydrogen-bond acceptors (Lipinski definition) is 5. The molecule has 0 bridgehead atoms. The van der Waals surface area contributed by atoms with Crippen molar-refractivity contribution in [3.05, 3.63) is 41.3 Å². The lowest BCUT2D eigenvalue weighted by atomic mass is 9.96. The van der Waals surface area contributed by atoms with E-state index in [4.69, 9.17) is 4.74 Å². The highest BCUT2D eigenvalue weighted by Gasteiger charge is 2.16. The molecule has 1 amide bonds. The number of amides is 1. The number of hydrogen-bond donors (Lipinski definition) is 2. The van der Waals surface area contributed by atoms with Crippen molar-refractivity contribution in [2.75, 3.05) is 19.0 Å². The molecular formula is C19H24N4O2. The molecule has 1 aliphatic carbocycles. The third-order valence-electron chi connectivity index (χ3n) is 4.29. The van der Waals surface area contributed by atoms with Crippen LogP contribution in [0.15, 0.2) is 24.3 Å². The van der Waals surface area contributed by atoms with Crippen LogP contribution in [-0.4, -0.2) is 29.5 Å². The highest BCUT2D eigenvalue weighted by Crippen LogP contribution is 2.28. The van der Waals surface area contributed by atoms with Gasteiger partial charge in [0.1, 0.15) is 17.4 Å². The molecule has 0 unspecified atom stereocenters. The van der Waals surface area contributed by atoms with Gasteiger partial charge in [-0.05, 0) is 56.9 Å². The molecule has 0 radical (unpaired) electrons. The SMILES string of the molecule is CNC(=O)CCOc1ccc(Nc2nc(C)nc3c2CCCC3)cc1. The number of nitrogens with zero attached hydrogens (tertiary/aromatic N) is 2. The second-order valence-electron chi connectivity index (χ2n) is 6.17. The Labute approximate surface area is 148 Å². The molecule has 1 aliphatic rings. The first kappa shape index (κ1) is 17.2. The average molecular weight is 340 g/mol. The third-order valence-corrected chi connectivity index (χ3v) is 4.29. The molecule has 132 valence electrons. The zero-order valence-corrected chi connectivity index (χ0v) is 14.8. The van der Waals surface area contributed by atoms with E-state index in [2.05, 4.69) is 20.6 Å². The highest BCUT2D eigenvalue weighted by molar-refractivity contribution is 5.75. The molecule has 0 fully saturated rings. The number of aryl methyl sites for hydroxylation is 2. The first-order valence-corrected chi connectivity index (χ1v) is 8.72. The lowest BCUT2D eigenvalue weighted by molar-refractivity contribution is -0.121. The Morgan fingerprint density at radius 1 is 1.16 bits per heavy atom. The van der Waals surface area contributed by atoms with Crippen molar-refractivity contribution in [3.63, 3.8) is 0 Å². The zero-order valence-electron chi connectivity index (χ0n) is 14.8. The van der Waals surface area contributed by atoms with E-state index in [0.717, 1.165) is 35.9 Å². The molecule has 0 spiro atoms. The van der Waals surface area contributed by atoms with E-state index >= 15 is 0 Å². The van der Waals surface area contributed by atoms with Crippen molar-refractivity contribution in [2.24, 2.45) is 0 Å². The van der Waals surface area contributed by atoms with E-state index in [0.29, 0.717) is 13.0 Å². The zero-order chi connectivity index (χ0) is 17.6. The van der Waals surface area contributed by atoms with Gasteiger partial charge in [-0.25, -0.2) is 9.97 Å². The Morgan fingerprint density at radius 2 is 1.92 bits per heavy atom. The predicted molar refractivity (Wildman–Crippen MR) is 97.3 cm³/mol. The van der Waals surface area contributed by atoms with E-state index in [1.54, 1.807) is 7.05 Å². The van der Waals surface area contributed by atoms with E-state index in [1.165, 1.54) is 24.1 Å². The maximum Gasteiger partial charge on any atom is 0.223 e. The van der Waals surface area contributed by atoms with Crippen LogP contribution in [0.4, 0.5) is 11.5 Å². The largest absolute Gasteiger partial charge is 0.493 e. The molecule has 6 heteroatoms. The number of carbonyl (C=O) groups is 1. The van der Waals surface area contributed by atoms with E-state index < -0.39 is 0 Å². The number of rotatable bonds is 6. The predicted octanol–water partition coefficient (Wildman–Crippen LogP) is 2.92. The van der Waals surface area contributed by atoms with Crippen LogP contribution in [0.5, 0.6) is 5.75 Å². The molecule has 6 nitrogen and oxygen atoms in total. The Bertz CT molecular complexity index is 744. The quantitative estimate of drug-likeness (QED) is 0.845. The van der Waals surface area contributed by atoms with Crippen molar-refractivity contribution in [1.29, 1.82) is 0 Å². The molecule has 2 N–H and O–H groups in total. The summed E-state index contributed by atoms with van der Waals surface area (Å²) < 4.78 is 5.58. The fourth-order valence-electron chi connectivity index (χ4n) is 2.98. The maximum atomic E-state index is 11.2. The Hall–Kier alpha value is -2.63. The van der Waals surface area contributed by atoms with Gasteiger partial charge >= 0.3 is 0 Å². The lowest BCUT2D eigenvalue weighted by Gasteiger charge is -2.19. The van der Waals surface area contributed by atoms with Gasteiger partial charge in [0.15, 0.2) is 0 Å². The van der Waals surface area contributed by atoms with Crippen LogP contribution < -0.4 is 15.4 Å². The average Bonchev–Trinajstić information content (AvgIpc) is 2.63. The van der Waals surface area contributed by atoms with Gasteiger partial charge < -0.3 is 15.4 Å². The first-order valence-electron chi connectivity index (χ1n) is 8.72. The molecule has 2 aromatic rings. The summed E-state index contributed by atoms with van der Waals surface area (Å²) in [6.45, 7) is 2.30. The van der Waals surface area contributed by atoms with Crippen LogP contribution in [0.1, 0.15) is 36.3 Å². The number of fused-ring (bicyclic) bond motifs is 1. The molecule has 3 rings (SSSR count). The molecule has 1 aromatic heterocycles. The number of ether oxygens (including phenoxy) is 1. The van der Waals surface area contributed by atoms with Crippen LogP contribution in [0.25, 0.3) is 0 Å². The Morgan fingerprint density at radius 3 is 2.68 bits per heavy atom. The minimum absolute atomic E-state index is 0.0257. The van der Waals surface area contributed by atoms with Crippen molar-refractivity contribution < 1.29 is 9.53 Å². The summed E-state index contributed by atoms with van der Waals surface area (Å²) in [5.74, 6) is 2.44. The number of nitrogens with one attached hydrogen (secondary N) is 2. The van der Waals surface area contributed by atoms with Crippen LogP contribution in [0, 0.1) is 6.92 Å². The van der Waals surface area contributed by atoms with Crippen LogP contribution in [0.2, 0.25) is 0 Å². The second kappa shape index (κ2) is 7.96.